The first-order valence-corrected chi connectivity index (χ1v) is 4.26. The standard InChI is InChI=1S/C11H9NO/c1-7-3-2-4-9-10(13)5-8(6-12)11(7)9/h2-4,8H,5H2,1H3. The molecule has 13 heavy (non-hydrogen) atoms. The van der Waals surface area contributed by atoms with Crippen LogP contribution in [0, 0.1) is 18.3 Å². The van der Waals surface area contributed by atoms with Gasteiger partial charge in [0.1, 0.15) is 0 Å². The Balaban J connectivity index is 2.67. The Hall–Kier alpha value is -1.62. The lowest BCUT2D eigenvalue weighted by atomic mass is 9.98. The molecule has 2 heteroatoms. The Kier molecular flexibility index (Phi) is 1.66. The number of Topliss-reactive ketones (excluding diaryl/α,β-unsaturated/α-hetero) is 1. The number of carbonyl (C=O) groups is 1. The number of nitrogens with zero attached hydrogens (tertiary/aromatic N) is 1. The largest absolute Gasteiger partial charge is 0.294 e. The Morgan fingerprint density at radius 2 is 2.31 bits per heavy atom. The second-order valence-corrected chi connectivity index (χ2v) is 3.35. The van der Waals surface area contributed by atoms with Gasteiger partial charge in [-0.2, -0.15) is 5.26 Å². The van der Waals surface area contributed by atoms with E-state index in [4.69, 9.17) is 5.26 Å². The summed E-state index contributed by atoms with van der Waals surface area (Å²) in [5, 5.41) is 8.85. The van der Waals surface area contributed by atoms with Gasteiger partial charge in [0.2, 0.25) is 0 Å². The van der Waals surface area contributed by atoms with Gasteiger partial charge in [0.25, 0.3) is 0 Å². The Morgan fingerprint density at radius 1 is 1.54 bits per heavy atom. The van der Waals surface area contributed by atoms with Crippen molar-refractivity contribution in [1.29, 1.82) is 5.26 Å². The van der Waals surface area contributed by atoms with Gasteiger partial charge in [-0.1, -0.05) is 18.2 Å². The van der Waals surface area contributed by atoms with Gasteiger partial charge in [-0.05, 0) is 18.1 Å². The minimum atomic E-state index is -0.219. The molecule has 0 aliphatic heterocycles. The number of rotatable bonds is 0. The molecule has 0 heterocycles. The van der Waals surface area contributed by atoms with Crippen molar-refractivity contribution in [3.63, 3.8) is 0 Å². The van der Waals surface area contributed by atoms with E-state index in [9.17, 15) is 4.79 Å². The molecule has 0 N–H and O–H groups in total. The maximum Gasteiger partial charge on any atom is 0.164 e. The Bertz CT molecular complexity index is 415. The smallest absolute Gasteiger partial charge is 0.164 e. The van der Waals surface area contributed by atoms with Crippen molar-refractivity contribution in [2.75, 3.05) is 0 Å². The maximum atomic E-state index is 11.4. The van der Waals surface area contributed by atoms with Crippen LogP contribution >= 0.6 is 0 Å². The average molecular weight is 171 g/mol. The minimum absolute atomic E-state index is 0.102. The van der Waals surface area contributed by atoms with E-state index in [1.807, 2.05) is 25.1 Å². The van der Waals surface area contributed by atoms with Crippen LogP contribution in [0.15, 0.2) is 18.2 Å². The van der Waals surface area contributed by atoms with Gasteiger partial charge < -0.3 is 0 Å². The Morgan fingerprint density at radius 3 is 3.00 bits per heavy atom. The predicted octanol–water partition coefficient (Wildman–Crippen LogP) is 2.19. The molecular weight excluding hydrogens is 162 g/mol. The summed E-state index contributed by atoms with van der Waals surface area (Å²) in [6.45, 7) is 1.95. The van der Waals surface area contributed by atoms with Gasteiger partial charge >= 0.3 is 0 Å². The number of carbonyl (C=O) groups excluding carboxylic acids is 1. The van der Waals surface area contributed by atoms with Gasteiger partial charge in [-0.3, -0.25) is 4.79 Å². The fourth-order valence-electron chi connectivity index (χ4n) is 1.89. The summed E-state index contributed by atoms with van der Waals surface area (Å²) in [4.78, 5) is 11.4. The first kappa shape index (κ1) is 8.00. The van der Waals surface area contributed by atoms with Crippen molar-refractivity contribution in [2.24, 2.45) is 0 Å². The molecule has 0 fully saturated rings. The SMILES string of the molecule is Cc1cccc2c1C(C#N)CC2=O. The van der Waals surface area contributed by atoms with Gasteiger partial charge in [0.05, 0.1) is 12.0 Å². The number of hydrogen-bond donors (Lipinski definition) is 0. The molecule has 0 aromatic heterocycles. The van der Waals surface area contributed by atoms with Crippen molar-refractivity contribution < 1.29 is 4.79 Å². The monoisotopic (exact) mass is 171 g/mol. The van der Waals surface area contributed by atoms with E-state index in [-0.39, 0.29) is 11.7 Å². The van der Waals surface area contributed by atoms with Crippen LogP contribution in [0.2, 0.25) is 0 Å². The predicted molar refractivity (Wildman–Crippen MR) is 48.5 cm³/mol. The van der Waals surface area contributed by atoms with Gasteiger partial charge in [0.15, 0.2) is 5.78 Å². The summed E-state index contributed by atoms with van der Waals surface area (Å²) in [5.74, 6) is -0.117. The molecule has 1 aliphatic rings. The summed E-state index contributed by atoms with van der Waals surface area (Å²) in [7, 11) is 0. The highest BCUT2D eigenvalue weighted by Gasteiger charge is 2.30. The third kappa shape index (κ3) is 1.05. The quantitative estimate of drug-likeness (QED) is 0.600. The summed E-state index contributed by atoms with van der Waals surface area (Å²) in [6, 6.07) is 7.79. The summed E-state index contributed by atoms with van der Waals surface area (Å²) in [6.07, 6.45) is 0.358. The first-order valence-electron chi connectivity index (χ1n) is 4.26. The number of aryl methyl sites for hydroxylation is 1. The third-order valence-corrected chi connectivity index (χ3v) is 2.52. The van der Waals surface area contributed by atoms with E-state index in [2.05, 4.69) is 6.07 Å². The van der Waals surface area contributed by atoms with Crippen molar-refractivity contribution in [3.05, 3.63) is 34.9 Å². The number of ketones is 1. The van der Waals surface area contributed by atoms with E-state index in [0.717, 1.165) is 16.7 Å². The number of fused-ring (bicyclic) bond motifs is 1. The lowest BCUT2D eigenvalue weighted by Crippen LogP contribution is -1.92. The zero-order chi connectivity index (χ0) is 9.42. The van der Waals surface area contributed by atoms with Crippen LogP contribution in [0.25, 0.3) is 0 Å². The van der Waals surface area contributed by atoms with E-state index in [1.165, 1.54) is 0 Å². The molecule has 1 aromatic carbocycles. The van der Waals surface area contributed by atoms with Gasteiger partial charge in [0, 0.05) is 12.0 Å². The van der Waals surface area contributed by atoms with E-state index in [0.29, 0.717) is 6.42 Å². The lowest BCUT2D eigenvalue weighted by Gasteiger charge is -2.04. The summed E-state index contributed by atoms with van der Waals surface area (Å²) in [5.41, 5.74) is 2.73. The highest BCUT2D eigenvalue weighted by molar-refractivity contribution is 6.02. The van der Waals surface area contributed by atoms with Crippen molar-refractivity contribution in [1.82, 2.24) is 0 Å². The van der Waals surface area contributed by atoms with E-state index in [1.54, 1.807) is 0 Å². The first-order chi connectivity index (χ1) is 6.24. The number of benzene rings is 1. The molecule has 1 unspecified atom stereocenters. The van der Waals surface area contributed by atoms with E-state index < -0.39 is 0 Å². The summed E-state index contributed by atoms with van der Waals surface area (Å²) >= 11 is 0. The molecule has 0 spiro atoms. The van der Waals surface area contributed by atoms with E-state index >= 15 is 0 Å². The molecule has 2 nitrogen and oxygen atoms in total. The molecule has 1 atom stereocenters. The molecule has 0 amide bonds. The number of hydrogen-bond acceptors (Lipinski definition) is 2. The molecular formula is C11H9NO. The topological polar surface area (TPSA) is 40.9 Å². The molecule has 64 valence electrons. The second-order valence-electron chi connectivity index (χ2n) is 3.35. The maximum absolute atomic E-state index is 11.4. The van der Waals surface area contributed by atoms with Gasteiger partial charge in [-0.25, -0.2) is 0 Å². The second kappa shape index (κ2) is 2.70. The normalized spacial score (nSPS) is 19.7. The van der Waals surface area contributed by atoms with Crippen LogP contribution in [0.4, 0.5) is 0 Å². The summed E-state index contributed by atoms with van der Waals surface area (Å²) < 4.78 is 0. The van der Waals surface area contributed by atoms with Crippen LogP contribution in [0.5, 0.6) is 0 Å². The fraction of sp³-hybridized carbons (Fsp3) is 0.273. The third-order valence-electron chi connectivity index (χ3n) is 2.52. The number of nitriles is 1. The minimum Gasteiger partial charge on any atom is -0.294 e. The lowest BCUT2D eigenvalue weighted by molar-refractivity contribution is 0.0992. The molecule has 0 radical (unpaired) electrons. The molecule has 0 saturated heterocycles. The zero-order valence-corrected chi connectivity index (χ0v) is 7.37. The highest BCUT2D eigenvalue weighted by atomic mass is 16.1. The van der Waals surface area contributed by atoms with Crippen LogP contribution < -0.4 is 0 Å². The Labute approximate surface area is 76.8 Å². The fourth-order valence-corrected chi connectivity index (χ4v) is 1.89. The molecule has 1 aromatic rings. The van der Waals surface area contributed by atoms with Crippen molar-refractivity contribution in [2.45, 2.75) is 19.3 Å². The molecule has 1 aliphatic carbocycles. The van der Waals surface area contributed by atoms with Crippen molar-refractivity contribution in [3.8, 4) is 6.07 Å². The van der Waals surface area contributed by atoms with Crippen LogP contribution in [-0.4, -0.2) is 5.78 Å². The highest BCUT2D eigenvalue weighted by Crippen LogP contribution is 2.34. The van der Waals surface area contributed by atoms with Crippen LogP contribution in [0.1, 0.15) is 33.8 Å². The van der Waals surface area contributed by atoms with Crippen LogP contribution in [0.3, 0.4) is 0 Å². The van der Waals surface area contributed by atoms with Crippen molar-refractivity contribution >= 4 is 5.78 Å². The molecule has 0 bridgehead atoms. The van der Waals surface area contributed by atoms with Gasteiger partial charge in [-0.15, -0.1) is 0 Å². The zero-order valence-electron chi connectivity index (χ0n) is 7.37. The molecule has 2 rings (SSSR count). The average Bonchev–Trinajstić information content (AvgIpc) is 2.45. The molecule has 0 saturated carbocycles. The van der Waals surface area contributed by atoms with Crippen LogP contribution in [-0.2, 0) is 0 Å².